The minimum atomic E-state index is 0.876. The predicted octanol–water partition coefficient (Wildman–Crippen LogP) is 11.3. The van der Waals surface area contributed by atoms with E-state index in [-0.39, 0.29) is 0 Å². The number of para-hydroxylation sites is 1. The van der Waals surface area contributed by atoms with Gasteiger partial charge in [-0.05, 0) is 63.0 Å². The topological polar surface area (TPSA) is 16.1 Å². The lowest BCUT2D eigenvalue weighted by atomic mass is 9.89. The Labute approximate surface area is 251 Å². The van der Waals surface area contributed by atoms with Gasteiger partial charge in [-0.2, -0.15) is 0 Å². The summed E-state index contributed by atoms with van der Waals surface area (Å²) in [4.78, 5) is 7.57. The molecule has 8 aromatic rings. The lowest BCUT2D eigenvalue weighted by Gasteiger charge is -2.29. The molecule has 202 valence electrons. The van der Waals surface area contributed by atoms with Crippen molar-refractivity contribution >= 4 is 49.5 Å². The van der Waals surface area contributed by atoms with E-state index in [9.17, 15) is 0 Å². The summed E-state index contributed by atoms with van der Waals surface area (Å²) in [6.45, 7) is 0. The zero-order valence-corrected chi connectivity index (χ0v) is 23.6. The van der Waals surface area contributed by atoms with Gasteiger partial charge in [0.15, 0.2) is 0 Å². The number of aromatic nitrogens is 1. The van der Waals surface area contributed by atoms with Crippen molar-refractivity contribution in [1.82, 2.24) is 4.98 Å². The summed E-state index contributed by atoms with van der Waals surface area (Å²) in [6, 6.07) is 60.2. The summed E-state index contributed by atoms with van der Waals surface area (Å²) >= 11 is 0. The molecule has 7 aromatic carbocycles. The van der Waals surface area contributed by atoms with Gasteiger partial charge < -0.3 is 0 Å². The number of nitrogens with zero attached hydrogens (tertiary/aromatic N) is 2. The third-order valence-corrected chi connectivity index (χ3v) is 8.21. The molecule has 0 aliphatic carbocycles. The minimum Gasteiger partial charge on any atom is -0.294 e. The van der Waals surface area contributed by atoms with Crippen molar-refractivity contribution in [2.45, 2.75) is 0 Å². The quantitative estimate of drug-likeness (QED) is 0.199. The highest BCUT2D eigenvalue weighted by Gasteiger charge is 2.23. The number of benzene rings is 7. The number of hydrogen-bond donors (Lipinski definition) is 0. The summed E-state index contributed by atoms with van der Waals surface area (Å²) in [6.07, 6.45) is 0. The maximum atomic E-state index is 5.25. The molecule has 0 atom stereocenters. The molecular weight excluding hydrogens is 520 g/mol. The third kappa shape index (κ3) is 4.41. The Morgan fingerprint density at radius 3 is 1.67 bits per heavy atom. The van der Waals surface area contributed by atoms with Crippen LogP contribution in [-0.2, 0) is 0 Å². The molecule has 0 aliphatic heterocycles. The maximum absolute atomic E-state index is 5.25. The van der Waals surface area contributed by atoms with Gasteiger partial charge in [-0.1, -0.05) is 140 Å². The van der Waals surface area contributed by atoms with E-state index in [1.54, 1.807) is 0 Å². The molecule has 0 bridgehead atoms. The molecule has 0 amide bonds. The fourth-order valence-corrected chi connectivity index (χ4v) is 6.27. The van der Waals surface area contributed by atoms with Crippen LogP contribution in [0.2, 0.25) is 0 Å². The lowest BCUT2D eigenvalue weighted by molar-refractivity contribution is 1.20. The third-order valence-electron chi connectivity index (χ3n) is 8.21. The molecule has 1 aromatic heterocycles. The molecule has 0 saturated heterocycles. The van der Waals surface area contributed by atoms with Crippen LogP contribution in [0.3, 0.4) is 0 Å². The highest BCUT2D eigenvalue weighted by molar-refractivity contribution is 6.22. The van der Waals surface area contributed by atoms with Crippen LogP contribution in [0.1, 0.15) is 0 Å². The molecule has 0 spiro atoms. The average molecular weight is 549 g/mol. The normalized spacial score (nSPS) is 11.3. The molecule has 2 nitrogen and oxygen atoms in total. The Morgan fingerprint density at radius 2 is 0.977 bits per heavy atom. The molecule has 0 saturated carbocycles. The zero-order chi connectivity index (χ0) is 28.6. The zero-order valence-electron chi connectivity index (χ0n) is 23.6. The first kappa shape index (κ1) is 25.0. The molecular formula is C41H28N2. The van der Waals surface area contributed by atoms with Crippen LogP contribution in [0.5, 0.6) is 0 Å². The van der Waals surface area contributed by atoms with Crippen molar-refractivity contribution in [3.8, 4) is 22.4 Å². The van der Waals surface area contributed by atoms with Crippen molar-refractivity contribution < 1.29 is 0 Å². The van der Waals surface area contributed by atoms with Gasteiger partial charge in [-0.25, -0.2) is 4.98 Å². The van der Waals surface area contributed by atoms with Crippen molar-refractivity contribution in [1.29, 1.82) is 0 Å². The predicted molar refractivity (Wildman–Crippen MR) is 182 cm³/mol. The van der Waals surface area contributed by atoms with Crippen molar-refractivity contribution in [3.63, 3.8) is 0 Å². The van der Waals surface area contributed by atoms with Crippen LogP contribution >= 0.6 is 0 Å². The monoisotopic (exact) mass is 548 g/mol. The van der Waals surface area contributed by atoms with E-state index >= 15 is 0 Å². The number of fused-ring (bicyclic) bond motifs is 3. The fourth-order valence-electron chi connectivity index (χ4n) is 6.27. The molecule has 43 heavy (non-hydrogen) atoms. The molecule has 0 N–H and O–H groups in total. The molecule has 0 fully saturated rings. The summed E-state index contributed by atoms with van der Waals surface area (Å²) < 4.78 is 0. The van der Waals surface area contributed by atoms with Crippen LogP contribution in [0.15, 0.2) is 170 Å². The standard InChI is InChI=1S/C41H28N2/c1-3-15-30(16-4-1)38-24-13-25-39(42-38)43(33-18-5-2-6-19-33)41-36-22-11-9-20-34(36)40(35-21-10-12-23-37(35)41)32-27-26-29-14-7-8-17-31(29)28-32/h1-28H. The number of hydrogen-bond acceptors (Lipinski definition) is 2. The van der Waals surface area contributed by atoms with Crippen LogP contribution in [-0.4, -0.2) is 4.98 Å². The van der Waals surface area contributed by atoms with E-state index in [1.165, 1.54) is 43.4 Å². The van der Waals surface area contributed by atoms with E-state index in [4.69, 9.17) is 4.98 Å². The van der Waals surface area contributed by atoms with Gasteiger partial charge in [-0.3, -0.25) is 4.90 Å². The van der Waals surface area contributed by atoms with E-state index in [1.807, 2.05) is 6.07 Å². The van der Waals surface area contributed by atoms with Crippen LogP contribution in [0, 0.1) is 0 Å². The van der Waals surface area contributed by atoms with Gasteiger partial charge in [0, 0.05) is 22.0 Å². The van der Waals surface area contributed by atoms with Gasteiger partial charge >= 0.3 is 0 Å². The Bertz CT molecular complexity index is 2180. The number of rotatable bonds is 5. The summed E-state index contributed by atoms with van der Waals surface area (Å²) in [7, 11) is 0. The average Bonchev–Trinajstić information content (AvgIpc) is 3.09. The first-order valence-electron chi connectivity index (χ1n) is 14.7. The Kier molecular flexibility index (Phi) is 6.16. The highest BCUT2D eigenvalue weighted by atomic mass is 15.2. The van der Waals surface area contributed by atoms with Gasteiger partial charge in [-0.15, -0.1) is 0 Å². The molecule has 2 heteroatoms. The van der Waals surface area contributed by atoms with Crippen LogP contribution in [0.25, 0.3) is 54.7 Å². The summed E-state index contributed by atoms with van der Waals surface area (Å²) in [5.74, 6) is 0.876. The number of pyridine rings is 1. The Balaban J connectivity index is 1.45. The van der Waals surface area contributed by atoms with Crippen molar-refractivity contribution in [2.75, 3.05) is 4.90 Å². The van der Waals surface area contributed by atoms with Crippen molar-refractivity contribution in [3.05, 3.63) is 170 Å². The van der Waals surface area contributed by atoms with Gasteiger partial charge in [0.05, 0.1) is 11.4 Å². The van der Waals surface area contributed by atoms with Gasteiger partial charge in [0.25, 0.3) is 0 Å². The second-order valence-electron chi connectivity index (χ2n) is 10.8. The smallest absolute Gasteiger partial charge is 0.138 e. The van der Waals surface area contributed by atoms with E-state index in [0.717, 1.165) is 28.5 Å². The molecule has 0 aliphatic rings. The SMILES string of the molecule is c1ccc(-c2cccc(N(c3ccccc3)c3c4ccccc4c(-c4ccc5ccccc5c4)c4ccccc34)n2)cc1. The van der Waals surface area contributed by atoms with Crippen LogP contribution in [0.4, 0.5) is 17.2 Å². The van der Waals surface area contributed by atoms with Crippen molar-refractivity contribution in [2.24, 2.45) is 0 Å². The summed E-state index contributed by atoms with van der Waals surface area (Å²) in [5, 5.41) is 7.28. The second kappa shape index (κ2) is 10.6. The largest absolute Gasteiger partial charge is 0.294 e. The summed E-state index contributed by atoms with van der Waals surface area (Å²) in [5.41, 5.74) is 6.70. The van der Waals surface area contributed by atoms with Crippen LogP contribution < -0.4 is 4.90 Å². The van der Waals surface area contributed by atoms with Gasteiger partial charge in [0.1, 0.15) is 5.82 Å². The van der Waals surface area contributed by atoms with E-state index in [2.05, 4.69) is 169 Å². The highest BCUT2D eigenvalue weighted by Crippen LogP contribution is 2.48. The Hall–Kier alpha value is -5.73. The molecule has 8 rings (SSSR count). The lowest BCUT2D eigenvalue weighted by Crippen LogP contribution is -2.13. The van der Waals surface area contributed by atoms with Gasteiger partial charge in [0.2, 0.25) is 0 Å². The van der Waals surface area contributed by atoms with E-state index < -0.39 is 0 Å². The first-order chi connectivity index (χ1) is 21.3. The second-order valence-corrected chi connectivity index (χ2v) is 10.8. The van der Waals surface area contributed by atoms with E-state index in [0.29, 0.717) is 0 Å². The molecule has 0 unspecified atom stereocenters. The fraction of sp³-hybridized carbons (Fsp3) is 0. The molecule has 1 heterocycles. The number of anilines is 3. The minimum absolute atomic E-state index is 0.876. The maximum Gasteiger partial charge on any atom is 0.138 e. The first-order valence-corrected chi connectivity index (χ1v) is 14.7. The Morgan fingerprint density at radius 1 is 0.395 bits per heavy atom. The molecule has 0 radical (unpaired) electrons.